The van der Waals surface area contributed by atoms with Gasteiger partial charge in [-0.3, -0.25) is 0 Å². The van der Waals surface area contributed by atoms with Crippen LogP contribution in [0.1, 0.15) is 51.4 Å². The highest BCUT2D eigenvalue weighted by molar-refractivity contribution is 4.84. The van der Waals surface area contributed by atoms with Crippen LogP contribution in [0.15, 0.2) is 0 Å². The molecule has 2 saturated carbocycles. The molecule has 0 aromatic rings. The molecule has 2 fully saturated rings. The number of aliphatic hydroxyl groups is 1. The summed E-state index contributed by atoms with van der Waals surface area (Å²) in [5.41, 5.74) is 0. The van der Waals surface area contributed by atoms with Gasteiger partial charge in [0.15, 0.2) is 0 Å². The molecule has 0 amide bonds. The standard InChI is InChI=1S/C15H26F3NO/c16-15(17,18)13-6-3-7-14(8-13)19-9-11-4-1-2-5-12(11)10-20/h11-14,19-20H,1-10H2. The van der Waals surface area contributed by atoms with Crippen LogP contribution >= 0.6 is 0 Å². The largest absolute Gasteiger partial charge is 0.396 e. The van der Waals surface area contributed by atoms with Crippen molar-refractivity contribution in [2.45, 2.75) is 63.6 Å². The van der Waals surface area contributed by atoms with Gasteiger partial charge in [-0.1, -0.05) is 19.3 Å². The molecule has 0 aromatic carbocycles. The number of hydrogen-bond acceptors (Lipinski definition) is 2. The summed E-state index contributed by atoms with van der Waals surface area (Å²) in [5.74, 6) is -0.369. The third-order valence-corrected chi connectivity index (χ3v) is 5.11. The summed E-state index contributed by atoms with van der Waals surface area (Å²) in [5, 5.41) is 12.7. The lowest BCUT2D eigenvalue weighted by atomic mass is 9.79. The molecule has 0 radical (unpaired) electrons. The van der Waals surface area contributed by atoms with Crippen molar-refractivity contribution in [1.82, 2.24) is 5.32 Å². The van der Waals surface area contributed by atoms with Gasteiger partial charge in [-0.25, -0.2) is 0 Å². The van der Waals surface area contributed by atoms with E-state index in [9.17, 15) is 18.3 Å². The van der Waals surface area contributed by atoms with Crippen molar-refractivity contribution in [3.8, 4) is 0 Å². The van der Waals surface area contributed by atoms with Crippen molar-refractivity contribution in [2.75, 3.05) is 13.2 Å². The lowest BCUT2D eigenvalue weighted by molar-refractivity contribution is -0.183. The van der Waals surface area contributed by atoms with E-state index in [1.807, 2.05) is 0 Å². The van der Waals surface area contributed by atoms with Crippen LogP contribution in [0.3, 0.4) is 0 Å². The maximum Gasteiger partial charge on any atom is 0.391 e. The number of hydrogen-bond donors (Lipinski definition) is 2. The maximum absolute atomic E-state index is 12.8. The van der Waals surface area contributed by atoms with Crippen molar-refractivity contribution in [2.24, 2.45) is 17.8 Å². The molecule has 2 aliphatic carbocycles. The van der Waals surface area contributed by atoms with Gasteiger partial charge in [0.2, 0.25) is 0 Å². The molecule has 2 nitrogen and oxygen atoms in total. The molecule has 20 heavy (non-hydrogen) atoms. The Morgan fingerprint density at radius 1 is 0.950 bits per heavy atom. The minimum Gasteiger partial charge on any atom is -0.396 e. The number of aliphatic hydroxyl groups excluding tert-OH is 1. The summed E-state index contributed by atoms with van der Waals surface area (Å²) in [7, 11) is 0. The molecular weight excluding hydrogens is 267 g/mol. The zero-order chi connectivity index (χ0) is 14.6. The highest BCUT2D eigenvalue weighted by atomic mass is 19.4. The van der Waals surface area contributed by atoms with Crippen LogP contribution in [0.4, 0.5) is 13.2 Å². The topological polar surface area (TPSA) is 32.3 Å². The van der Waals surface area contributed by atoms with Gasteiger partial charge in [0, 0.05) is 12.6 Å². The summed E-state index contributed by atoms with van der Waals surface area (Å²) in [6.45, 7) is 0.975. The highest BCUT2D eigenvalue weighted by Crippen LogP contribution is 2.38. The smallest absolute Gasteiger partial charge is 0.391 e. The SMILES string of the molecule is OCC1CCCCC1CNC1CCCC(C(F)(F)F)C1. The first-order valence-electron chi connectivity index (χ1n) is 7.91. The molecular formula is C15H26F3NO. The van der Waals surface area contributed by atoms with E-state index in [1.165, 1.54) is 12.8 Å². The third-order valence-electron chi connectivity index (χ3n) is 5.11. The van der Waals surface area contributed by atoms with Crippen molar-refractivity contribution in [3.63, 3.8) is 0 Å². The average molecular weight is 293 g/mol. The van der Waals surface area contributed by atoms with Crippen LogP contribution in [-0.4, -0.2) is 30.5 Å². The van der Waals surface area contributed by atoms with Gasteiger partial charge in [0.25, 0.3) is 0 Å². The van der Waals surface area contributed by atoms with Crippen LogP contribution in [0.25, 0.3) is 0 Å². The van der Waals surface area contributed by atoms with E-state index in [4.69, 9.17) is 0 Å². The fourth-order valence-corrected chi connectivity index (χ4v) is 3.78. The second-order valence-corrected chi connectivity index (χ2v) is 6.50. The molecule has 4 unspecified atom stereocenters. The molecule has 4 atom stereocenters. The van der Waals surface area contributed by atoms with E-state index in [-0.39, 0.29) is 25.5 Å². The van der Waals surface area contributed by atoms with Gasteiger partial charge in [-0.15, -0.1) is 0 Å². The molecule has 5 heteroatoms. The summed E-state index contributed by atoms with van der Waals surface area (Å²) < 4.78 is 38.3. The first-order chi connectivity index (χ1) is 9.50. The molecule has 0 spiro atoms. The normalized spacial score (nSPS) is 36.0. The third kappa shape index (κ3) is 4.35. The Morgan fingerprint density at radius 3 is 2.30 bits per heavy atom. The van der Waals surface area contributed by atoms with Crippen LogP contribution < -0.4 is 5.32 Å². The first-order valence-corrected chi connectivity index (χ1v) is 7.91. The van der Waals surface area contributed by atoms with Crippen LogP contribution in [0.2, 0.25) is 0 Å². The minimum atomic E-state index is -4.04. The summed E-state index contributed by atoms with van der Waals surface area (Å²) in [6.07, 6.45) is 2.47. The van der Waals surface area contributed by atoms with Gasteiger partial charge in [0.05, 0.1) is 5.92 Å². The zero-order valence-corrected chi connectivity index (χ0v) is 12.0. The van der Waals surface area contributed by atoms with Crippen LogP contribution in [-0.2, 0) is 0 Å². The number of halogens is 3. The summed E-state index contributed by atoms with van der Waals surface area (Å²) in [6, 6.07) is -0.00311. The molecule has 2 N–H and O–H groups in total. The van der Waals surface area contributed by atoms with Crippen LogP contribution in [0, 0.1) is 17.8 Å². The second-order valence-electron chi connectivity index (χ2n) is 6.50. The summed E-state index contributed by atoms with van der Waals surface area (Å²) >= 11 is 0. The van der Waals surface area contributed by atoms with E-state index < -0.39 is 12.1 Å². The van der Waals surface area contributed by atoms with Crippen molar-refractivity contribution < 1.29 is 18.3 Å². The van der Waals surface area contributed by atoms with E-state index in [2.05, 4.69) is 5.32 Å². The Labute approximate surface area is 119 Å². The van der Waals surface area contributed by atoms with Crippen LogP contribution in [0.5, 0.6) is 0 Å². The highest BCUT2D eigenvalue weighted by Gasteiger charge is 2.42. The number of alkyl halides is 3. The molecule has 0 saturated heterocycles. The molecule has 118 valence electrons. The number of nitrogens with one attached hydrogen (secondary N) is 1. The van der Waals surface area contributed by atoms with Gasteiger partial charge >= 0.3 is 6.18 Å². The molecule has 0 aromatic heterocycles. The zero-order valence-electron chi connectivity index (χ0n) is 12.0. The molecule has 0 aliphatic heterocycles. The molecule has 0 bridgehead atoms. The molecule has 2 rings (SSSR count). The predicted octanol–water partition coefficient (Wildman–Crippen LogP) is 3.50. The van der Waals surface area contributed by atoms with E-state index >= 15 is 0 Å². The maximum atomic E-state index is 12.8. The Balaban J connectivity index is 1.78. The predicted molar refractivity (Wildman–Crippen MR) is 72.3 cm³/mol. The van der Waals surface area contributed by atoms with E-state index in [0.29, 0.717) is 18.3 Å². The lowest BCUT2D eigenvalue weighted by Gasteiger charge is -2.35. The lowest BCUT2D eigenvalue weighted by Crippen LogP contribution is -2.42. The fourth-order valence-electron chi connectivity index (χ4n) is 3.78. The Bertz CT molecular complexity index is 295. The van der Waals surface area contributed by atoms with Gasteiger partial charge in [-0.05, 0) is 50.5 Å². The Kier molecular flexibility index (Phi) is 5.73. The van der Waals surface area contributed by atoms with Crippen molar-refractivity contribution in [1.29, 1.82) is 0 Å². The summed E-state index contributed by atoms with van der Waals surface area (Å²) in [4.78, 5) is 0. The molecule has 2 aliphatic rings. The van der Waals surface area contributed by atoms with E-state index in [1.54, 1.807) is 0 Å². The van der Waals surface area contributed by atoms with Gasteiger partial charge in [0.1, 0.15) is 0 Å². The second kappa shape index (κ2) is 7.12. The average Bonchev–Trinajstić information content (AvgIpc) is 2.45. The van der Waals surface area contributed by atoms with Crippen molar-refractivity contribution in [3.05, 3.63) is 0 Å². The van der Waals surface area contributed by atoms with E-state index in [0.717, 1.165) is 25.8 Å². The first kappa shape index (κ1) is 16.1. The minimum absolute atomic E-state index is 0.00311. The van der Waals surface area contributed by atoms with Crippen molar-refractivity contribution >= 4 is 0 Å². The molecule has 0 heterocycles. The van der Waals surface area contributed by atoms with Gasteiger partial charge in [-0.2, -0.15) is 13.2 Å². The number of rotatable bonds is 4. The fraction of sp³-hybridized carbons (Fsp3) is 1.00. The van der Waals surface area contributed by atoms with Gasteiger partial charge < -0.3 is 10.4 Å². The Morgan fingerprint density at radius 2 is 1.65 bits per heavy atom. The Hall–Kier alpha value is -0.290. The quantitative estimate of drug-likeness (QED) is 0.831. The monoisotopic (exact) mass is 293 g/mol.